The Morgan fingerprint density at radius 2 is 2.24 bits per heavy atom. The summed E-state index contributed by atoms with van der Waals surface area (Å²) in [5.41, 5.74) is 1.92. The van der Waals surface area contributed by atoms with Crippen molar-refractivity contribution < 1.29 is 4.79 Å². The highest BCUT2D eigenvalue weighted by Gasteiger charge is 2.06. The molecule has 90 valence electrons. The van der Waals surface area contributed by atoms with Gasteiger partial charge in [-0.3, -0.25) is 4.79 Å². The van der Waals surface area contributed by atoms with Crippen LogP contribution in [0.3, 0.4) is 0 Å². The molecule has 0 unspecified atom stereocenters. The monoisotopic (exact) mass is 232 g/mol. The van der Waals surface area contributed by atoms with Crippen molar-refractivity contribution in [2.45, 2.75) is 12.8 Å². The number of hydrogen-bond acceptors (Lipinski definition) is 4. The van der Waals surface area contributed by atoms with E-state index in [1.807, 2.05) is 0 Å². The summed E-state index contributed by atoms with van der Waals surface area (Å²) < 4.78 is 0. The number of aromatic nitrogens is 2. The fraction of sp³-hybridized carbons (Fsp3) is 0.417. The predicted octanol–water partition coefficient (Wildman–Crippen LogP) is 0.516. The average Bonchev–Trinajstić information content (AvgIpc) is 2.41. The van der Waals surface area contributed by atoms with Gasteiger partial charge in [-0.25, -0.2) is 9.97 Å². The highest BCUT2D eigenvalue weighted by atomic mass is 16.1. The largest absolute Gasteiger partial charge is 0.352 e. The van der Waals surface area contributed by atoms with Crippen LogP contribution in [0.4, 0.5) is 0 Å². The van der Waals surface area contributed by atoms with Gasteiger partial charge in [0.1, 0.15) is 6.33 Å². The molecule has 17 heavy (non-hydrogen) atoms. The van der Waals surface area contributed by atoms with Crippen molar-refractivity contribution in [1.29, 1.82) is 0 Å². The molecule has 2 heterocycles. The molecule has 0 aromatic carbocycles. The number of rotatable bonds is 4. The molecular formula is C12H16N4O. The van der Waals surface area contributed by atoms with E-state index in [0.717, 1.165) is 25.9 Å². The van der Waals surface area contributed by atoms with Crippen molar-refractivity contribution >= 4 is 5.91 Å². The summed E-state index contributed by atoms with van der Waals surface area (Å²) in [6.07, 6.45) is 8.64. The first-order chi connectivity index (χ1) is 8.36. The van der Waals surface area contributed by atoms with Gasteiger partial charge in [-0.05, 0) is 19.4 Å². The number of hydrogen-bond donors (Lipinski definition) is 2. The third-order valence-electron chi connectivity index (χ3n) is 2.71. The van der Waals surface area contributed by atoms with Gasteiger partial charge in [0.15, 0.2) is 0 Å². The summed E-state index contributed by atoms with van der Waals surface area (Å²) >= 11 is 0. The van der Waals surface area contributed by atoms with Crippen molar-refractivity contribution in [2.24, 2.45) is 0 Å². The van der Waals surface area contributed by atoms with E-state index in [0.29, 0.717) is 12.1 Å². The molecule has 1 aliphatic heterocycles. The molecule has 0 bridgehead atoms. The topological polar surface area (TPSA) is 66.9 Å². The van der Waals surface area contributed by atoms with Gasteiger partial charge in [0.25, 0.3) is 5.91 Å². The van der Waals surface area contributed by atoms with E-state index in [-0.39, 0.29) is 5.91 Å². The van der Waals surface area contributed by atoms with Gasteiger partial charge >= 0.3 is 0 Å². The van der Waals surface area contributed by atoms with Crippen molar-refractivity contribution in [2.75, 3.05) is 19.6 Å². The summed E-state index contributed by atoms with van der Waals surface area (Å²) in [7, 11) is 0. The van der Waals surface area contributed by atoms with Crippen LogP contribution in [-0.2, 0) is 0 Å². The second kappa shape index (κ2) is 6.10. The van der Waals surface area contributed by atoms with Crippen LogP contribution in [0.2, 0.25) is 0 Å². The van der Waals surface area contributed by atoms with Crippen molar-refractivity contribution in [3.8, 4) is 0 Å². The zero-order valence-corrected chi connectivity index (χ0v) is 9.65. The van der Waals surface area contributed by atoms with Gasteiger partial charge in [-0.2, -0.15) is 0 Å². The van der Waals surface area contributed by atoms with Gasteiger partial charge < -0.3 is 10.6 Å². The highest BCUT2D eigenvalue weighted by Crippen LogP contribution is 2.07. The molecule has 5 nitrogen and oxygen atoms in total. The lowest BCUT2D eigenvalue weighted by atomic mass is 10.1. The third kappa shape index (κ3) is 3.64. The maximum atomic E-state index is 11.7. The van der Waals surface area contributed by atoms with Gasteiger partial charge in [0, 0.05) is 25.5 Å². The Morgan fingerprint density at radius 1 is 1.41 bits per heavy atom. The molecule has 0 radical (unpaired) electrons. The molecule has 1 aliphatic rings. The summed E-state index contributed by atoms with van der Waals surface area (Å²) in [6.45, 7) is 2.64. The Balaban J connectivity index is 1.75. The number of nitrogens with one attached hydrogen (secondary N) is 2. The minimum Gasteiger partial charge on any atom is -0.352 e. The lowest BCUT2D eigenvalue weighted by Crippen LogP contribution is -2.26. The zero-order chi connectivity index (χ0) is 11.9. The van der Waals surface area contributed by atoms with Crippen LogP contribution in [0.5, 0.6) is 0 Å². The number of carbonyl (C=O) groups excluding carboxylic acids is 1. The standard InChI is InChI=1S/C12H16N4O/c17-12(11-7-14-9-15-8-11)16-6-3-10-1-4-13-5-2-10/h1,7-9,13H,2-6H2,(H,16,17). The summed E-state index contributed by atoms with van der Waals surface area (Å²) in [5.74, 6) is -0.111. The van der Waals surface area contributed by atoms with E-state index in [9.17, 15) is 4.79 Å². The second-order valence-electron chi connectivity index (χ2n) is 3.95. The minimum absolute atomic E-state index is 0.111. The maximum absolute atomic E-state index is 11.7. The third-order valence-corrected chi connectivity index (χ3v) is 2.71. The lowest BCUT2D eigenvalue weighted by Gasteiger charge is -2.14. The van der Waals surface area contributed by atoms with Crippen LogP contribution >= 0.6 is 0 Å². The Hall–Kier alpha value is -1.75. The van der Waals surface area contributed by atoms with Gasteiger partial charge in [-0.15, -0.1) is 0 Å². The first-order valence-electron chi connectivity index (χ1n) is 5.78. The Bertz CT molecular complexity index is 402. The van der Waals surface area contributed by atoms with E-state index in [1.165, 1.54) is 24.3 Å². The molecule has 0 atom stereocenters. The maximum Gasteiger partial charge on any atom is 0.254 e. The van der Waals surface area contributed by atoms with E-state index in [2.05, 4.69) is 26.7 Å². The highest BCUT2D eigenvalue weighted by molar-refractivity contribution is 5.93. The van der Waals surface area contributed by atoms with E-state index < -0.39 is 0 Å². The predicted molar refractivity (Wildman–Crippen MR) is 64.6 cm³/mol. The molecule has 1 amide bonds. The smallest absolute Gasteiger partial charge is 0.254 e. The fourth-order valence-corrected chi connectivity index (χ4v) is 1.75. The molecule has 1 aromatic rings. The summed E-state index contributed by atoms with van der Waals surface area (Å²) in [6, 6.07) is 0. The number of amides is 1. The van der Waals surface area contributed by atoms with Crippen LogP contribution in [0.25, 0.3) is 0 Å². The SMILES string of the molecule is O=C(NCCC1=CCNCC1)c1cncnc1. The molecule has 0 spiro atoms. The summed E-state index contributed by atoms with van der Waals surface area (Å²) in [5, 5.41) is 6.13. The first kappa shape index (κ1) is 11.7. The van der Waals surface area contributed by atoms with E-state index >= 15 is 0 Å². The first-order valence-corrected chi connectivity index (χ1v) is 5.78. The molecule has 2 rings (SSSR count). The normalized spacial score (nSPS) is 15.2. The molecule has 0 fully saturated rings. The average molecular weight is 232 g/mol. The Morgan fingerprint density at radius 3 is 2.94 bits per heavy atom. The van der Waals surface area contributed by atoms with Crippen LogP contribution in [0.15, 0.2) is 30.4 Å². The van der Waals surface area contributed by atoms with Crippen LogP contribution in [0, 0.1) is 0 Å². The van der Waals surface area contributed by atoms with Crippen LogP contribution in [0.1, 0.15) is 23.2 Å². The molecule has 2 N–H and O–H groups in total. The summed E-state index contributed by atoms with van der Waals surface area (Å²) in [4.78, 5) is 19.3. The van der Waals surface area contributed by atoms with Gasteiger partial charge in [0.2, 0.25) is 0 Å². The van der Waals surface area contributed by atoms with Crippen molar-refractivity contribution in [3.63, 3.8) is 0 Å². The van der Waals surface area contributed by atoms with Crippen molar-refractivity contribution in [1.82, 2.24) is 20.6 Å². The molecule has 5 heteroatoms. The van der Waals surface area contributed by atoms with Crippen LogP contribution in [-0.4, -0.2) is 35.5 Å². The van der Waals surface area contributed by atoms with Crippen molar-refractivity contribution in [3.05, 3.63) is 35.9 Å². The zero-order valence-electron chi connectivity index (χ0n) is 9.65. The molecule has 0 aliphatic carbocycles. The second-order valence-corrected chi connectivity index (χ2v) is 3.95. The lowest BCUT2D eigenvalue weighted by molar-refractivity contribution is 0.0953. The van der Waals surface area contributed by atoms with E-state index in [4.69, 9.17) is 0 Å². The molecular weight excluding hydrogens is 216 g/mol. The fourth-order valence-electron chi connectivity index (χ4n) is 1.75. The van der Waals surface area contributed by atoms with Gasteiger partial charge in [-0.1, -0.05) is 11.6 Å². The number of nitrogens with zero attached hydrogens (tertiary/aromatic N) is 2. The minimum atomic E-state index is -0.111. The van der Waals surface area contributed by atoms with Gasteiger partial charge in [0.05, 0.1) is 5.56 Å². The van der Waals surface area contributed by atoms with E-state index in [1.54, 1.807) is 0 Å². The molecule has 0 saturated carbocycles. The number of carbonyl (C=O) groups is 1. The molecule has 1 aromatic heterocycles. The molecule has 0 saturated heterocycles. The Kier molecular flexibility index (Phi) is 4.21. The Labute approximate surface area is 100 Å². The van der Waals surface area contributed by atoms with Crippen LogP contribution < -0.4 is 10.6 Å². The quantitative estimate of drug-likeness (QED) is 0.743.